The largest absolute Gasteiger partial charge is 0.383 e. The number of ether oxygens (including phenoxy) is 1. The van der Waals surface area contributed by atoms with Crippen LogP contribution in [0.25, 0.3) is 0 Å². The van der Waals surface area contributed by atoms with Crippen LogP contribution in [0.4, 0.5) is 5.82 Å². The highest BCUT2D eigenvalue weighted by molar-refractivity contribution is 14.1. The van der Waals surface area contributed by atoms with E-state index in [4.69, 9.17) is 15.5 Å². The van der Waals surface area contributed by atoms with Crippen LogP contribution in [0.2, 0.25) is 0 Å². The third kappa shape index (κ3) is 2.46. The van der Waals surface area contributed by atoms with Crippen molar-refractivity contribution >= 4 is 28.4 Å². The predicted molar refractivity (Wildman–Crippen MR) is 77.3 cm³/mol. The van der Waals surface area contributed by atoms with E-state index in [-0.39, 0.29) is 6.10 Å². The van der Waals surface area contributed by atoms with Crippen molar-refractivity contribution in [3.8, 4) is 0 Å². The van der Waals surface area contributed by atoms with Crippen molar-refractivity contribution in [1.82, 2.24) is 14.9 Å². The number of nitrogens with zero attached hydrogens (tertiary/aromatic N) is 3. The molecule has 98 valence electrons. The Bertz CT molecular complexity index is 464. The lowest BCUT2D eigenvalue weighted by Gasteiger charge is -2.29. The second kappa shape index (κ2) is 4.90. The molecule has 1 aliphatic heterocycles. The summed E-state index contributed by atoms with van der Waals surface area (Å²) in [6.07, 6.45) is 2.40. The first-order valence-corrected chi connectivity index (χ1v) is 7.36. The summed E-state index contributed by atoms with van der Waals surface area (Å²) in [4.78, 5) is 11.4. The molecule has 0 radical (unpaired) electrons. The van der Waals surface area contributed by atoms with Gasteiger partial charge >= 0.3 is 0 Å². The molecule has 2 aliphatic rings. The standard InChI is InChI=1S/C12H17IN4O/c1-17-4-5-18-8(6-17)12-15-10(7-2-3-7)9(13)11(14)16-12/h7-8H,2-6H2,1H3,(H2,14,15,16). The molecule has 0 amide bonds. The van der Waals surface area contributed by atoms with E-state index < -0.39 is 0 Å². The number of likely N-dealkylation sites (N-methyl/N-ethyl adjacent to an activating group) is 1. The van der Waals surface area contributed by atoms with E-state index in [1.54, 1.807) is 0 Å². The first kappa shape index (κ1) is 12.6. The Morgan fingerprint density at radius 1 is 1.39 bits per heavy atom. The lowest BCUT2D eigenvalue weighted by atomic mass is 10.2. The Balaban J connectivity index is 1.91. The van der Waals surface area contributed by atoms with Crippen LogP contribution in [-0.4, -0.2) is 41.6 Å². The maximum Gasteiger partial charge on any atom is 0.161 e. The molecule has 2 heterocycles. The van der Waals surface area contributed by atoms with Crippen molar-refractivity contribution in [2.24, 2.45) is 0 Å². The smallest absolute Gasteiger partial charge is 0.161 e. The number of hydrogen-bond acceptors (Lipinski definition) is 5. The normalized spacial score (nSPS) is 25.3. The minimum absolute atomic E-state index is 0.0412. The number of aromatic nitrogens is 2. The monoisotopic (exact) mass is 360 g/mol. The van der Waals surface area contributed by atoms with Gasteiger partial charge in [-0.15, -0.1) is 0 Å². The van der Waals surface area contributed by atoms with Gasteiger partial charge in [-0.3, -0.25) is 0 Å². The molecule has 0 bridgehead atoms. The summed E-state index contributed by atoms with van der Waals surface area (Å²) in [5.74, 6) is 1.93. The van der Waals surface area contributed by atoms with Gasteiger partial charge in [-0.2, -0.15) is 0 Å². The van der Waals surface area contributed by atoms with Gasteiger partial charge < -0.3 is 15.4 Å². The van der Waals surface area contributed by atoms with Crippen molar-refractivity contribution in [2.75, 3.05) is 32.5 Å². The van der Waals surface area contributed by atoms with Crippen LogP contribution in [0.5, 0.6) is 0 Å². The summed E-state index contributed by atoms with van der Waals surface area (Å²) in [5.41, 5.74) is 7.12. The average molecular weight is 360 g/mol. The van der Waals surface area contributed by atoms with E-state index in [9.17, 15) is 0 Å². The zero-order valence-electron chi connectivity index (χ0n) is 10.4. The van der Waals surface area contributed by atoms with Crippen LogP contribution in [0, 0.1) is 3.57 Å². The number of morpholine rings is 1. The summed E-state index contributed by atoms with van der Waals surface area (Å²) in [5, 5.41) is 0. The number of nitrogens with two attached hydrogens (primary N) is 1. The van der Waals surface area contributed by atoms with E-state index in [2.05, 4.69) is 39.5 Å². The molecule has 0 spiro atoms. The molecule has 1 aromatic heterocycles. The fraction of sp³-hybridized carbons (Fsp3) is 0.667. The number of anilines is 1. The van der Waals surface area contributed by atoms with Gasteiger partial charge in [0.15, 0.2) is 5.82 Å². The Morgan fingerprint density at radius 3 is 2.83 bits per heavy atom. The highest BCUT2D eigenvalue weighted by Gasteiger charge is 2.31. The predicted octanol–water partition coefficient (Wildman–Crippen LogP) is 1.54. The Morgan fingerprint density at radius 2 is 2.17 bits per heavy atom. The third-order valence-corrected chi connectivity index (χ3v) is 4.55. The Labute approximate surface area is 120 Å². The second-order valence-electron chi connectivity index (χ2n) is 5.06. The number of nitrogen functional groups attached to an aromatic ring is 1. The van der Waals surface area contributed by atoms with Crippen molar-refractivity contribution in [2.45, 2.75) is 24.9 Å². The molecule has 1 aliphatic carbocycles. The van der Waals surface area contributed by atoms with Crippen molar-refractivity contribution < 1.29 is 4.74 Å². The molecule has 1 unspecified atom stereocenters. The first-order chi connectivity index (χ1) is 8.65. The maximum absolute atomic E-state index is 6.00. The van der Waals surface area contributed by atoms with E-state index in [1.807, 2.05) is 0 Å². The zero-order valence-corrected chi connectivity index (χ0v) is 12.6. The molecule has 1 aromatic rings. The van der Waals surface area contributed by atoms with Gasteiger partial charge in [0.05, 0.1) is 15.9 Å². The van der Waals surface area contributed by atoms with Crippen LogP contribution in [0.3, 0.4) is 0 Å². The molecule has 5 nitrogen and oxygen atoms in total. The first-order valence-electron chi connectivity index (χ1n) is 6.28. The van der Waals surface area contributed by atoms with Gasteiger partial charge in [0.25, 0.3) is 0 Å². The molecule has 3 rings (SSSR count). The van der Waals surface area contributed by atoms with E-state index in [0.29, 0.717) is 11.7 Å². The summed E-state index contributed by atoms with van der Waals surface area (Å²) in [6, 6.07) is 0. The van der Waals surface area contributed by atoms with Gasteiger partial charge in [-0.1, -0.05) is 0 Å². The quantitative estimate of drug-likeness (QED) is 0.811. The van der Waals surface area contributed by atoms with E-state index >= 15 is 0 Å². The van der Waals surface area contributed by atoms with Crippen LogP contribution in [0.1, 0.15) is 36.4 Å². The average Bonchev–Trinajstić information content (AvgIpc) is 3.16. The van der Waals surface area contributed by atoms with Gasteiger partial charge in [0, 0.05) is 19.0 Å². The number of halogens is 1. The number of rotatable bonds is 2. The molecule has 18 heavy (non-hydrogen) atoms. The van der Waals surface area contributed by atoms with E-state index in [0.717, 1.165) is 34.8 Å². The van der Waals surface area contributed by atoms with E-state index in [1.165, 1.54) is 12.8 Å². The summed E-state index contributed by atoms with van der Waals surface area (Å²) in [7, 11) is 2.09. The fourth-order valence-electron chi connectivity index (χ4n) is 2.21. The highest BCUT2D eigenvalue weighted by Crippen LogP contribution is 2.42. The molecule has 1 saturated carbocycles. The summed E-state index contributed by atoms with van der Waals surface area (Å²) >= 11 is 2.25. The molecule has 2 N–H and O–H groups in total. The molecule has 2 fully saturated rings. The molecule has 6 heteroatoms. The van der Waals surface area contributed by atoms with Crippen LogP contribution < -0.4 is 5.73 Å². The fourth-order valence-corrected chi connectivity index (χ4v) is 2.89. The van der Waals surface area contributed by atoms with Crippen LogP contribution in [0.15, 0.2) is 0 Å². The zero-order chi connectivity index (χ0) is 12.7. The van der Waals surface area contributed by atoms with Gasteiger partial charge in [0.2, 0.25) is 0 Å². The SMILES string of the molecule is CN1CCOC(c2nc(N)c(I)c(C3CC3)n2)C1. The lowest BCUT2D eigenvalue weighted by molar-refractivity contribution is -0.0255. The van der Waals surface area contributed by atoms with Gasteiger partial charge in [0.1, 0.15) is 11.9 Å². The van der Waals surface area contributed by atoms with Crippen molar-refractivity contribution in [3.63, 3.8) is 0 Å². The molecule has 1 atom stereocenters. The second-order valence-corrected chi connectivity index (χ2v) is 6.14. The topological polar surface area (TPSA) is 64.3 Å². The molecular weight excluding hydrogens is 343 g/mol. The molecule has 1 saturated heterocycles. The van der Waals surface area contributed by atoms with Crippen LogP contribution >= 0.6 is 22.6 Å². The molecule has 0 aromatic carbocycles. The lowest BCUT2D eigenvalue weighted by Crippen LogP contribution is -2.36. The van der Waals surface area contributed by atoms with Crippen molar-refractivity contribution in [1.29, 1.82) is 0 Å². The van der Waals surface area contributed by atoms with Gasteiger partial charge in [-0.25, -0.2) is 9.97 Å². The van der Waals surface area contributed by atoms with Gasteiger partial charge in [-0.05, 0) is 42.5 Å². The van der Waals surface area contributed by atoms with Crippen LogP contribution in [-0.2, 0) is 4.74 Å². The number of hydrogen-bond donors (Lipinski definition) is 1. The third-order valence-electron chi connectivity index (χ3n) is 3.44. The summed E-state index contributed by atoms with van der Waals surface area (Å²) < 4.78 is 6.78. The Hall–Kier alpha value is -0.470. The highest BCUT2D eigenvalue weighted by atomic mass is 127. The summed E-state index contributed by atoms with van der Waals surface area (Å²) in [6.45, 7) is 2.53. The molecular formula is C12H17IN4O. The van der Waals surface area contributed by atoms with Crippen molar-refractivity contribution in [3.05, 3.63) is 15.1 Å². The minimum atomic E-state index is -0.0412. The maximum atomic E-state index is 6.00. The minimum Gasteiger partial charge on any atom is -0.383 e. The Kier molecular flexibility index (Phi) is 3.42.